The van der Waals surface area contributed by atoms with Gasteiger partial charge in [0.25, 0.3) is 0 Å². The highest BCUT2D eigenvalue weighted by Gasteiger charge is 2.63. The predicted molar refractivity (Wildman–Crippen MR) is 399 cm³/mol. The Morgan fingerprint density at radius 2 is 0.721 bits per heavy atom. The number of anilines is 3. The highest BCUT2D eigenvalue weighted by atomic mass is 35.5. The molecule has 9 aliphatic rings. The van der Waals surface area contributed by atoms with E-state index in [4.69, 9.17) is 122 Å². The Bertz CT molecular complexity index is 4050. The summed E-state index contributed by atoms with van der Waals surface area (Å²) in [6.45, 7) is 17.1. The van der Waals surface area contributed by atoms with E-state index in [2.05, 4.69) is 60.1 Å². The van der Waals surface area contributed by atoms with Crippen LogP contribution in [0.4, 0.5) is 17.8 Å². The topological polar surface area (TPSA) is 486 Å². The first-order valence-electron chi connectivity index (χ1n) is 37.4. The molecule has 0 aromatic carbocycles. The van der Waals surface area contributed by atoms with Crippen LogP contribution in [-0.2, 0) is 83.6 Å². The number of carbonyl (C=O) groups is 3. The highest BCUT2D eigenvalue weighted by Crippen LogP contribution is 2.61. The van der Waals surface area contributed by atoms with Crippen LogP contribution < -0.4 is 46.7 Å². The summed E-state index contributed by atoms with van der Waals surface area (Å²) in [5.74, 6) is -0.0232. The smallest absolute Gasteiger partial charge is 0.406 e. The number of halogens is 3. The van der Waals surface area contributed by atoms with Gasteiger partial charge in [-0.15, -0.1) is 34.8 Å². The summed E-state index contributed by atoms with van der Waals surface area (Å²) in [5.41, 5.74) is 20.0. The molecule has 18 atom stereocenters. The molecule has 111 heavy (non-hydrogen) atoms. The molecule has 45 heteroatoms. The summed E-state index contributed by atoms with van der Waals surface area (Å²) in [6.07, 6.45) is 9.32. The molecule has 6 saturated heterocycles. The number of fused-ring (bicyclic) bond motifs is 6. The van der Waals surface area contributed by atoms with Gasteiger partial charge in [0.15, 0.2) is 52.2 Å². The number of hydrogen-bond donors (Lipinski definition) is 6. The van der Waals surface area contributed by atoms with Crippen LogP contribution in [0.1, 0.15) is 158 Å². The first-order chi connectivity index (χ1) is 52.8. The maximum Gasteiger partial charge on any atom is 0.406 e. The molecule has 12 heterocycles. The zero-order chi connectivity index (χ0) is 79.1. The second-order valence-electron chi connectivity index (χ2n) is 29.3. The fourth-order valence-corrected chi connectivity index (χ4v) is 21.7. The summed E-state index contributed by atoms with van der Waals surface area (Å²) in [4.78, 5) is 71.5. The second kappa shape index (κ2) is 34.0. The standard InChI is InChI=1S/3C22H32ClN6O7P/c3*1-4-32-18-15-17(26-21(24)27-18)29(11-25-15)20-22(3,23)16-14(35-20)10-34-37(31,36-16)28-12(2)9-33-19(30)13-7-5-6-8-13/h3*11-14,16,20H,4-10H2,1-3H3,(H,28,31)(H2,24,26,27)/t12?,14-,16-,20-,22-,37?;12-,14+,16+,20+,22+,37?;12-,14-,16-,20-,22-,37?/m101/s1. The third kappa shape index (κ3) is 17.9. The van der Waals surface area contributed by atoms with Crippen molar-refractivity contribution in [2.75, 3.05) is 76.7 Å². The first-order valence-corrected chi connectivity index (χ1v) is 43.1. The summed E-state index contributed by atoms with van der Waals surface area (Å²) in [7, 11) is -11.3. The van der Waals surface area contributed by atoms with Gasteiger partial charge >= 0.3 is 41.1 Å². The van der Waals surface area contributed by atoms with E-state index in [0.29, 0.717) is 53.3 Å². The molecule has 9 N–H and O–H groups in total. The van der Waals surface area contributed by atoms with Crippen LogP contribution >= 0.6 is 58.0 Å². The fourth-order valence-electron chi connectivity index (χ4n) is 15.1. The monoisotopic (exact) mass is 1670 g/mol. The number of aromatic nitrogens is 12. The van der Waals surface area contributed by atoms with Gasteiger partial charge in [-0.2, -0.15) is 29.9 Å². The van der Waals surface area contributed by atoms with Crippen LogP contribution in [0.25, 0.3) is 33.5 Å². The number of nitrogen functional groups attached to an aromatic ring is 3. The van der Waals surface area contributed by atoms with E-state index in [-0.39, 0.29) is 111 Å². The average Bonchev–Trinajstić information content (AvgIpc) is 1.59. The number of imidazole rings is 3. The Labute approximate surface area is 654 Å². The molecule has 15 rings (SSSR count). The minimum Gasteiger partial charge on any atom is -0.476 e. The van der Waals surface area contributed by atoms with Gasteiger partial charge in [-0.05, 0) is 101 Å². The van der Waals surface area contributed by atoms with Gasteiger partial charge in [-0.1, -0.05) is 38.5 Å². The number of carbonyl (C=O) groups excluding carboxylic acids is 3. The number of esters is 3. The van der Waals surface area contributed by atoms with Crippen molar-refractivity contribution in [3.63, 3.8) is 0 Å². The van der Waals surface area contributed by atoms with Crippen LogP contribution in [-0.4, -0.2) is 205 Å². The molecule has 0 spiro atoms. The number of ether oxygens (including phenoxy) is 9. The van der Waals surface area contributed by atoms with E-state index in [0.717, 1.165) is 77.0 Å². The van der Waals surface area contributed by atoms with Crippen molar-refractivity contribution < 1.29 is 97.9 Å². The summed E-state index contributed by atoms with van der Waals surface area (Å²) >= 11 is 21.0. The number of rotatable bonds is 24. The van der Waals surface area contributed by atoms with E-state index in [1.54, 1.807) is 55.2 Å². The minimum absolute atomic E-state index is 0.0142. The maximum atomic E-state index is 13.5. The lowest BCUT2D eigenvalue weighted by Gasteiger charge is -2.36. The van der Waals surface area contributed by atoms with Crippen molar-refractivity contribution in [2.45, 2.75) is 227 Å². The molecule has 6 aliphatic heterocycles. The Hall–Kier alpha value is -6.06. The fraction of sp³-hybridized carbons (Fsp3) is 0.727. The lowest BCUT2D eigenvalue weighted by Crippen LogP contribution is -2.46. The maximum absolute atomic E-state index is 13.5. The van der Waals surface area contributed by atoms with Crippen molar-refractivity contribution in [3.05, 3.63) is 19.0 Å². The van der Waals surface area contributed by atoms with Crippen molar-refractivity contribution in [1.82, 2.24) is 73.8 Å². The summed E-state index contributed by atoms with van der Waals surface area (Å²) < 4.78 is 131. The molecule has 0 bridgehead atoms. The van der Waals surface area contributed by atoms with Gasteiger partial charge in [-0.25, -0.2) is 43.9 Å². The quantitative estimate of drug-likeness (QED) is 0.0143. The molecule has 39 nitrogen and oxygen atoms in total. The number of nitrogens with two attached hydrogens (primary N) is 3. The lowest BCUT2D eigenvalue weighted by atomic mass is 10.0. The normalized spacial score (nSPS) is 32.9. The number of alkyl halides is 3. The average molecular weight is 1680 g/mol. The first kappa shape index (κ1) is 82.9. The molecule has 4 unspecified atom stereocenters. The van der Waals surface area contributed by atoms with Gasteiger partial charge < -0.3 is 59.8 Å². The Morgan fingerprint density at radius 3 is 0.964 bits per heavy atom. The van der Waals surface area contributed by atoms with Crippen molar-refractivity contribution in [2.24, 2.45) is 17.8 Å². The molecule has 6 aromatic heterocycles. The van der Waals surface area contributed by atoms with E-state index in [1.807, 2.05) is 20.8 Å². The van der Waals surface area contributed by atoms with Crippen LogP contribution in [0.15, 0.2) is 19.0 Å². The van der Waals surface area contributed by atoms with E-state index < -0.39 is 111 Å². The molecular formula is C66H96Cl3N18O21P3. The molecule has 0 radical (unpaired) electrons. The van der Waals surface area contributed by atoms with Crippen LogP contribution in [0, 0.1) is 17.8 Å². The van der Waals surface area contributed by atoms with Crippen molar-refractivity contribution in [1.29, 1.82) is 0 Å². The molecule has 0 amide bonds. The number of nitrogens with zero attached hydrogens (tertiary/aromatic N) is 12. The Balaban J connectivity index is 0.000000146. The van der Waals surface area contributed by atoms with Gasteiger partial charge in [0, 0.05) is 18.1 Å². The third-order valence-corrected chi connectivity index (χ3v) is 26.9. The van der Waals surface area contributed by atoms with Gasteiger partial charge in [0.1, 0.15) is 71.1 Å². The van der Waals surface area contributed by atoms with E-state index >= 15 is 0 Å². The molecule has 6 aromatic rings. The van der Waals surface area contributed by atoms with Gasteiger partial charge in [-0.3, -0.25) is 55.2 Å². The zero-order valence-electron chi connectivity index (χ0n) is 62.9. The zero-order valence-corrected chi connectivity index (χ0v) is 67.8. The Kier molecular flexibility index (Phi) is 25.4. The van der Waals surface area contributed by atoms with Crippen molar-refractivity contribution in [3.8, 4) is 17.6 Å². The second-order valence-corrected chi connectivity index (χ2v) is 37.0. The van der Waals surface area contributed by atoms with Crippen molar-refractivity contribution >= 4 is 127 Å². The highest BCUT2D eigenvalue weighted by molar-refractivity contribution is 7.52. The van der Waals surface area contributed by atoms with Crippen LogP contribution in [0.3, 0.4) is 0 Å². The van der Waals surface area contributed by atoms with Crippen LogP contribution in [0.2, 0.25) is 0 Å². The lowest BCUT2D eigenvalue weighted by molar-refractivity contribution is -0.149. The Morgan fingerprint density at radius 1 is 0.468 bits per heavy atom. The van der Waals surface area contributed by atoms with E-state index in [9.17, 15) is 28.1 Å². The summed E-state index contributed by atoms with van der Waals surface area (Å²) in [5, 5.41) is 8.54. The van der Waals surface area contributed by atoms with Crippen LogP contribution in [0.5, 0.6) is 17.6 Å². The molecule has 3 aliphatic carbocycles. The summed E-state index contributed by atoms with van der Waals surface area (Å²) in [6, 6.07) is -1.41. The number of nitrogens with one attached hydrogen (secondary N) is 3. The number of hydrogen-bond acceptors (Lipinski definition) is 33. The molecule has 9 fully saturated rings. The molecular weight excluding hydrogens is 1580 g/mol. The van der Waals surface area contributed by atoms with E-state index in [1.165, 1.54) is 19.0 Å². The molecule has 3 saturated carbocycles. The predicted octanol–water partition coefficient (Wildman–Crippen LogP) is 8.81. The van der Waals surface area contributed by atoms with Gasteiger partial charge in [0.2, 0.25) is 35.5 Å². The SMILES string of the molecule is CCOc1nc(N)nc2c1ncn2[C@@H]1O[C@@H]2COP(=O)(NC(C)COC(=O)C3CCCC3)O[C@H]2[C@@]1(C)Cl.CCOc1nc(N)nc2c1ncn2[C@@H]1O[C@@H]2COP(=O)(N[C@@H](C)COC(=O)C3CCCC3)O[C@H]2[C@@]1(C)Cl.CCOc1nc(N)nc2c1ncn2[C@@H]1O[C@@H]2COP(=O)(N[C@H](C)COC(=O)C3CCCC3)O[C@H]2[C@@]1(C)Cl. The third-order valence-electron chi connectivity index (χ3n) is 20.5. The minimum atomic E-state index is -3.78. The molecule has 612 valence electrons. The van der Waals surface area contributed by atoms with Gasteiger partial charge in [0.05, 0.1) is 76.4 Å². The largest absolute Gasteiger partial charge is 0.476 e.